The molecule has 1 amide bonds. The van der Waals surface area contributed by atoms with E-state index < -0.39 is 0 Å². The van der Waals surface area contributed by atoms with Gasteiger partial charge in [-0.05, 0) is 36.2 Å². The van der Waals surface area contributed by atoms with E-state index >= 15 is 0 Å². The summed E-state index contributed by atoms with van der Waals surface area (Å²) in [5, 5.41) is 0. The molecule has 0 aliphatic heterocycles. The van der Waals surface area contributed by atoms with E-state index in [1.165, 1.54) is 12.4 Å². The molecule has 0 aliphatic rings. The number of hydrogen-bond donors (Lipinski definition) is 1. The highest BCUT2D eigenvalue weighted by Crippen LogP contribution is 2.22. The predicted octanol–water partition coefficient (Wildman–Crippen LogP) is 2.96. The fourth-order valence-corrected chi connectivity index (χ4v) is 2.64. The van der Waals surface area contributed by atoms with Crippen LogP contribution in [0.15, 0.2) is 67.0 Å². The molecule has 6 heteroatoms. The maximum Gasteiger partial charge on any atom is 0.280 e. The number of nitrogen functional groups attached to an aromatic ring is 1. The minimum atomic E-state index is -0.281. The van der Waals surface area contributed by atoms with Gasteiger partial charge in [0.05, 0.1) is 7.11 Å². The van der Waals surface area contributed by atoms with Gasteiger partial charge >= 0.3 is 0 Å². The Morgan fingerprint density at radius 1 is 1.04 bits per heavy atom. The van der Waals surface area contributed by atoms with E-state index in [9.17, 15) is 4.79 Å². The van der Waals surface area contributed by atoms with E-state index in [1.807, 2.05) is 54.6 Å². The first-order valence-electron chi connectivity index (χ1n) is 8.25. The van der Waals surface area contributed by atoms with Gasteiger partial charge in [0.25, 0.3) is 5.91 Å². The van der Waals surface area contributed by atoms with E-state index in [1.54, 1.807) is 12.0 Å². The number of ether oxygens (including phenoxy) is 1. The lowest BCUT2D eigenvalue weighted by molar-refractivity contribution is 0.0983. The monoisotopic (exact) mass is 348 g/mol. The Morgan fingerprint density at radius 3 is 2.38 bits per heavy atom. The number of carbonyl (C=O) groups is 1. The van der Waals surface area contributed by atoms with Crippen LogP contribution in [0, 0.1) is 0 Å². The summed E-state index contributed by atoms with van der Waals surface area (Å²) in [6, 6.07) is 17.3. The van der Waals surface area contributed by atoms with E-state index in [2.05, 4.69) is 9.97 Å². The van der Waals surface area contributed by atoms with Crippen LogP contribution in [0.25, 0.3) is 0 Å². The van der Waals surface area contributed by atoms with Crippen molar-refractivity contribution in [2.24, 2.45) is 0 Å². The first-order valence-corrected chi connectivity index (χ1v) is 8.25. The van der Waals surface area contributed by atoms with Crippen molar-refractivity contribution in [3.05, 3.63) is 78.2 Å². The lowest BCUT2D eigenvalue weighted by atomic mass is 10.1. The van der Waals surface area contributed by atoms with Crippen molar-refractivity contribution in [1.29, 1.82) is 0 Å². The molecule has 3 rings (SSSR count). The predicted molar refractivity (Wildman–Crippen MR) is 101 cm³/mol. The van der Waals surface area contributed by atoms with Crippen LogP contribution in [0.4, 0.5) is 11.5 Å². The number of nitrogens with two attached hydrogens (primary N) is 1. The Morgan fingerprint density at radius 2 is 1.73 bits per heavy atom. The summed E-state index contributed by atoms with van der Waals surface area (Å²) in [6.07, 6.45) is 3.64. The summed E-state index contributed by atoms with van der Waals surface area (Å²) >= 11 is 0. The third-order valence-electron chi connectivity index (χ3n) is 4.03. The zero-order valence-corrected chi connectivity index (χ0v) is 14.5. The maximum absolute atomic E-state index is 13.1. The number of aromatic nitrogens is 2. The quantitative estimate of drug-likeness (QED) is 0.741. The van der Waals surface area contributed by atoms with Gasteiger partial charge < -0.3 is 15.4 Å². The second kappa shape index (κ2) is 8.11. The highest BCUT2D eigenvalue weighted by Gasteiger charge is 2.21. The average molecular weight is 348 g/mol. The molecule has 1 aromatic heterocycles. The number of hydrogen-bond acceptors (Lipinski definition) is 5. The number of rotatable bonds is 6. The minimum Gasteiger partial charge on any atom is -0.497 e. The molecule has 0 saturated heterocycles. The summed E-state index contributed by atoms with van der Waals surface area (Å²) in [5.41, 5.74) is 7.89. The van der Waals surface area contributed by atoms with Crippen molar-refractivity contribution < 1.29 is 9.53 Å². The van der Waals surface area contributed by atoms with Gasteiger partial charge in [0.1, 0.15) is 5.75 Å². The number of methoxy groups -OCH3 is 1. The van der Waals surface area contributed by atoms with Crippen LogP contribution >= 0.6 is 0 Å². The Bertz CT molecular complexity index is 866. The van der Waals surface area contributed by atoms with Gasteiger partial charge in [-0.15, -0.1) is 0 Å². The summed E-state index contributed by atoms with van der Waals surface area (Å²) in [4.78, 5) is 22.8. The van der Waals surface area contributed by atoms with Crippen molar-refractivity contribution in [3.8, 4) is 5.75 Å². The van der Waals surface area contributed by atoms with Gasteiger partial charge in [-0.3, -0.25) is 4.79 Å². The highest BCUT2D eigenvalue weighted by atomic mass is 16.5. The van der Waals surface area contributed by atoms with E-state index in [4.69, 9.17) is 10.5 Å². The fraction of sp³-hybridized carbons (Fsp3) is 0.150. The normalized spacial score (nSPS) is 10.3. The molecule has 0 unspecified atom stereocenters. The third kappa shape index (κ3) is 3.97. The molecule has 0 spiro atoms. The van der Waals surface area contributed by atoms with Crippen molar-refractivity contribution >= 4 is 17.4 Å². The molecule has 0 radical (unpaired) electrons. The van der Waals surface area contributed by atoms with Gasteiger partial charge in [0, 0.05) is 24.6 Å². The second-order valence-corrected chi connectivity index (χ2v) is 5.68. The van der Waals surface area contributed by atoms with Crippen molar-refractivity contribution in [1.82, 2.24) is 9.97 Å². The molecule has 3 aromatic rings. The molecule has 6 nitrogen and oxygen atoms in total. The molecule has 132 valence electrons. The smallest absolute Gasteiger partial charge is 0.280 e. The topological polar surface area (TPSA) is 81.3 Å². The Hall–Kier alpha value is -3.41. The lowest BCUT2D eigenvalue weighted by Gasteiger charge is -2.23. The first-order chi connectivity index (χ1) is 12.7. The zero-order valence-electron chi connectivity index (χ0n) is 14.5. The van der Waals surface area contributed by atoms with Gasteiger partial charge in [-0.1, -0.05) is 30.3 Å². The van der Waals surface area contributed by atoms with Crippen molar-refractivity contribution in [2.45, 2.75) is 6.42 Å². The maximum atomic E-state index is 13.1. The van der Waals surface area contributed by atoms with E-state index in [0.717, 1.165) is 17.0 Å². The number of benzene rings is 2. The van der Waals surface area contributed by atoms with Crippen LogP contribution in [0.2, 0.25) is 0 Å². The van der Waals surface area contributed by atoms with E-state index in [-0.39, 0.29) is 17.4 Å². The highest BCUT2D eigenvalue weighted by molar-refractivity contribution is 6.07. The second-order valence-electron chi connectivity index (χ2n) is 5.68. The molecule has 26 heavy (non-hydrogen) atoms. The molecular weight excluding hydrogens is 328 g/mol. The molecule has 0 bridgehead atoms. The van der Waals surface area contributed by atoms with E-state index in [0.29, 0.717) is 13.0 Å². The molecular formula is C20H20N4O2. The SMILES string of the molecule is COc1ccc(N(CCc2ccccc2)C(=O)c2nccnc2N)cc1. The number of anilines is 2. The van der Waals surface area contributed by atoms with Gasteiger partial charge in [-0.2, -0.15) is 0 Å². The van der Waals surface area contributed by atoms with Crippen LogP contribution in [-0.4, -0.2) is 29.5 Å². The molecule has 1 heterocycles. The van der Waals surface area contributed by atoms with Crippen LogP contribution < -0.4 is 15.4 Å². The minimum absolute atomic E-state index is 0.121. The molecule has 2 N–H and O–H groups in total. The third-order valence-corrected chi connectivity index (χ3v) is 4.03. The summed E-state index contributed by atoms with van der Waals surface area (Å²) in [5.74, 6) is 0.565. The van der Waals surface area contributed by atoms with Gasteiger partial charge in [0.2, 0.25) is 0 Å². The Balaban J connectivity index is 1.89. The van der Waals surface area contributed by atoms with Crippen molar-refractivity contribution in [3.63, 3.8) is 0 Å². The van der Waals surface area contributed by atoms with Crippen LogP contribution in [0.1, 0.15) is 16.1 Å². The van der Waals surface area contributed by atoms with Crippen LogP contribution in [-0.2, 0) is 6.42 Å². The van der Waals surface area contributed by atoms with Crippen LogP contribution in [0.3, 0.4) is 0 Å². The summed E-state index contributed by atoms with van der Waals surface area (Å²) in [6.45, 7) is 0.491. The molecule has 0 atom stereocenters. The molecule has 2 aromatic carbocycles. The largest absolute Gasteiger partial charge is 0.497 e. The Labute approximate surface area is 152 Å². The zero-order chi connectivity index (χ0) is 18.4. The number of amides is 1. The molecule has 0 aliphatic carbocycles. The van der Waals surface area contributed by atoms with Gasteiger partial charge in [0.15, 0.2) is 11.5 Å². The van der Waals surface area contributed by atoms with Gasteiger partial charge in [-0.25, -0.2) is 9.97 Å². The summed E-state index contributed by atoms with van der Waals surface area (Å²) in [7, 11) is 1.60. The first kappa shape index (κ1) is 17.4. The molecule has 0 fully saturated rings. The van der Waals surface area contributed by atoms with Crippen LogP contribution in [0.5, 0.6) is 5.75 Å². The number of carbonyl (C=O) groups excluding carboxylic acids is 1. The summed E-state index contributed by atoms with van der Waals surface area (Å²) < 4.78 is 5.20. The van der Waals surface area contributed by atoms with Crippen molar-refractivity contribution in [2.75, 3.05) is 24.3 Å². The fourth-order valence-electron chi connectivity index (χ4n) is 2.64. The average Bonchev–Trinajstić information content (AvgIpc) is 2.69. The Kier molecular flexibility index (Phi) is 5.43. The molecule has 0 saturated carbocycles. The lowest BCUT2D eigenvalue weighted by Crippen LogP contribution is -2.34. The standard InChI is InChI=1S/C20H20N4O2/c1-26-17-9-7-16(8-10-17)24(14-11-15-5-3-2-4-6-15)20(25)18-19(21)23-13-12-22-18/h2-10,12-13H,11,14H2,1H3,(H2,21,23). The number of nitrogens with zero attached hydrogens (tertiary/aromatic N) is 3.